The fourth-order valence-electron chi connectivity index (χ4n) is 2.95. The molecule has 112 valence electrons. The summed E-state index contributed by atoms with van der Waals surface area (Å²) in [5.74, 6) is 0.487. The molecule has 3 heteroatoms. The van der Waals surface area contributed by atoms with Crippen molar-refractivity contribution in [3.05, 3.63) is 83.8 Å². The predicted octanol–water partition coefficient (Wildman–Crippen LogP) is 4.50. The van der Waals surface area contributed by atoms with E-state index in [0.717, 1.165) is 12.1 Å². The molecular formula is C20H15NO2. The van der Waals surface area contributed by atoms with Gasteiger partial charge in [0.05, 0.1) is 6.26 Å². The summed E-state index contributed by atoms with van der Waals surface area (Å²) < 4.78 is 5.16. The number of anilines is 1. The first-order chi connectivity index (χ1) is 11.3. The molecule has 0 fully saturated rings. The Bertz CT molecular complexity index is 892. The fourth-order valence-corrected chi connectivity index (χ4v) is 2.95. The van der Waals surface area contributed by atoms with E-state index in [1.165, 1.54) is 28.3 Å². The van der Waals surface area contributed by atoms with Crippen LogP contribution < -0.4 is 5.32 Å². The van der Waals surface area contributed by atoms with E-state index in [-0.39, 0.29) is 5.91 Å². The summed E-state index contributed by atoms with van der Waals surface area (Å²) in [5.41, 5.74) is 5.94. The summed E-state index contributed by atoms with van der Waals surface area (Å²) in [7, 11) is 0. The third-order valence-corrected chi connectivity index (χ3v) is 4.00. The first kappa shape index (κ1) is 13.6. The van der Waals surface area contributed by atoms with E-state index in [2.05, 4.69) is 35.6 Å². The zero-order valence-electron chi connectivity index (χ0n) is 12.5. The Labute approximate surface area is 134 Å². The van der Waals surface area contributed by atoms with E-state index in [1.54, 1.807) is 24.5 Å². The number of carbonyl (C=O) groups is 1. The molecule has 0 bridgehead atoms. The number of hydrogen-bond acceptors (Lipinski definition) is 2. The molecule has 3 nitrogen and oxygen atoms in total. The molecule has 0 saturated heterocycles. The molecule has 0 aliphatic heterocycles. The summed E-state index contributed by atoms with van der Waals surface area (Å²) in [6, 6.07) is 18.1. The van der Waals surface area contributed by atoms with Crippen molar-refractivity contribution in [1.29, 1.82) is 0 Å². The van der Waals surface area contributed by atoms with E-state index in [9.17, 15) is 4.79 Å². The molecule has 1 amide bonds. The van der Waals surface area contributed by atoms with Crippen LogP contribution in [0.2, 0.25) is 0 Å². The second-order valence-corrected chi connectivity index (χ2v) is 5.54. The van der Waals surface area contributed by atoms with Gasteiger partial charge in [0.2, 0.25) is 5.91 Å². The monoisotopic (exact) mass is 301 g/mol. The van der Waals surface area contributed by atoms with Gasteiger partial charge in [0, 0.05) is 11.8 Å². The van der Waals surface area contributed by atoms with Crippen molar-refractivity contribution in [3.63, 3.8) is 0 Å². The SMILES string of the molecule is O=C(C=Cc1ccco1)Nc1ccc2c(c1)Cc1ccccc1-2. The first-order valence-corrected chi connectivity index (χ1v) is 7.53. The molecule has 1 aliphatic carbocycles. The average Bonchev–Trinajstić information content (AvgIpc) is 3.20. The van der Waals surface area contributed by atoms with Gasteiger partial charge in [0.25, 0.3) is 0 Å². The van der Waals surface area contributed by atoms with Gasteiger partial charge in [-0.15, -0.1) is 0 Å². The van der Waals surface area contributed by atoms with Crippen LogP contribution in [0.1, 0.15) is 16.9 Å². The van der Waals surface area contributed by atoms with E-state index in [1.807, 2.05) is 12.1 Å². The molecule has 2 aromatic carbocycles. The third kappa shape index (κ3) is 2.69. The average molecular weight is 301 g/mol. The Kier molecular flexibility index (Phi) is 3.31. The van der Waals surface area contributed by atoms with E-state index >= 15 is 0 Å². The van der Waals surface area contributed by atoms with Crippen molar-refractivity contribution in [2.75, 3.05) is 5.32 Å². The summed E-state index contributed by atoms with van der Waals surface area (Å²) in [5, 5.41) is 2.89. The molecule has 1 aliphatic rings. The van der Waals surface area contributed by atoms with Crippen molar-refractivity contribution in [2.45, 2.75) is 6.42 Å². The number of rotatable bonds is 3. The van der Waals surface area contributed by atoms with Crippen LogP contribution in [0.15, 0.2) is 71.4 Å². The molecule has 23 heavy (non-hydrogen) atoms. The molecule has 0 saturated carbocycles. The van der Waals surface area contributed by atoms with Gasteiger partial charge in [-0.2, -0.15) is 0 Å². The Hall–Kier alpha value is -3.07. The van der Waals surface area contributed by atoms with Crippen LogP contribution in [0.4, 0.5) is 5.69 Å². The smallest absolute Gasteiger partial charge is 0.248 e. The van der Waals surface area contributed by atoms with E-state index < -0.39 is 0 Å². The lowest BCUT2D eigenvalue weighted by Gasteiger charge is -2.05. The molecule has 1 N–H and O–H groups in total. The molecule has 0 unspecified atom stereocenters. The quantitative estimate of drug-likeness (QED) is 0.566. The maximum absolute atomic E-state index is 12.0. The molecule has 1 heterocycles. The van der Waals surface area contributed by atoms with Crippen LogP contribution in [-0.2, 0) is 11.2 Å². The zero-order chi connectivity index (χ0) is 15.6. The lowest BCUT2D eigenvalue weighted by atomic mass is 10.1. The molecule has 0 spiro atoms. The van der Waals surface area contributed by atoms with Crippen LogP contribution >= 0.6 is 0 Å². The van der Waals surface area contributed by atoms with Crippen LogP contribution in [0.25, 0.3) is 17.2 Å². The van der Waals surface area contributed by atoms with Crippen molar-refractivity contribution in [3.8, 4) is 11.1 Å². The first-order valence-electron chi connectivity index (χ1n) is 7.53. The Balaban J connectivity index is 1.51. The van der Waals surface area contributed by atoms with Crippen molar-refractivity contribution >= 4 is 17.7 Å². The second kappa shape index (κ2) is 5.61. The minimum atomic E-state index is -0.170. The van der Waals surface area contributed by atoms with Gasteiger partial charge in [-0.3, -0.25) is 4.79 Å². The van der Waals surface area contributed by atoms with Gasteiger partial charge in [-0.25, -0.2) is 0 Å². The number of fused-ring (bicyclic) bond motifs is 3. The van der Waals surface area contributed by atoms with E-state index in [0.29, 0.717) is 5.76 Å². The number of amides is 1. The predicted molar refractivity (Wildman–Crippen MR) is 91.1 cm³/mol. The normalized spacial score (nSPS) is 12.2. The van der Waals surface area contributed by atoms with Crippen LogP contribution in [0.3, 0.4) is 0 Å². The van der Waals surface area contributed by atoms with Crippen LogP contribution in [-0.4, -0.2) is 5.91 Å². The molecule has 3 aromatic rings. The topological polar surface area (TPSA) is 42.2 Å². The van der Waals surface area contributed by atoms with Crippen LogP contribution in [0.5, 0.6) is 0 Å². The van der Waals surface area contributed by atoms with Gasteiger partial charge in [-0.1, -0.05) is 30.3 Å². The summed E-state index contributed by atoms with van der Waals surface area (Å²) in [6.07, 6.45) is 5.62. The van der Waals surface area contributed by atoms with E-state index in [4.69, 9.17) is 4.42 Å². The standard InChI is InChI=1S/C20H15NO2/c22-20(10-8-17-5-3-11-23-17)21-16-7-9-19-15(13-16)12-14-4-1-2-6-18(14)19/h1-11,13H,12H2,(H,21,22). The summed E-state index contributed by atoms with van der Waals surface area (Å²) >= 11 is 0. The van der Waals surface area contributed by atoms with Crippen LogP contribution in [0, 0.1) is 0 Å². The van der Waals surface area contributed by atoms with Crippen molar-refractivity contribution in [2.24, 2.45) is 0 Å². The minimum Gasteiger partial charge on any atom is -0.465 e. The number of hydrogen-bond donors (Lipinski definition) is 1. The lowest BCUT2D eigenvalue weighted by molar-refractivity contribution is -0.111. The largest absolute Gasteiger partial charge is 0.465 e. The Morgan fingerprint density at radius 2 is 1.87 bits per heavy atom. The number of nitrogens with one attached hydrogen (secondary N) is 1. The lowest BCUT2D eigenvalue weighted by Crippen LogP contribution is -2.07. The summed E-state index contributed by atoms with van der Waals surface area (Å²) in [4.78, 5) is 12.0. The van der Waals surface area contributed by atoms with Crippen molar-refractivity contribution < 1.29 is 9.21 Å². The fraction of sp³-hybridized carbons (Fsp3) is 0.0500. The maximum Gasteiger partial charge on any atom is 0.248 e. The molecular weight excluding hydrogens is 286 g/mol. The van der Waals surface area contributed by atoms with Gasteiger partial charge >= 0.3 is 0 Å². The summed E-state index contributed by atoms with van der Waals surface area (Å²) in [6.45, 7) is 0. The maximum atomic E-state index is 12.0. The number of benzene rings is 2. The highest BCUT2D eigenvalue weighted by molar-refractivity contribution is 6.02. The van der Waals surface area contributed by atoms with Gasteiger partial charge in [-0.05, 0) is 59.0 Å². The Morgan fingerprint density at radius 1 is 1.00 bits per heavy atom. The highest BCUT2D eigenvalue weighted by Gasteiger charge is 2.17. The number of furan rings is 1. The molecule has 0 atom stereocenters. The highest BCUT2D eigenvalue weighted by atomic mass is 16.3. The van der Waals surface area contributed by atoms with Gasteiger partial charge < -0.3 is 9.73 Å². The molecule has 4 rings (SSSR count). The van der Waals surface area contributed by atoms with Gasteiger partial charge in [0.15, 0.2) is 0 Å². The van der Waals surface area contributed by atoms with Gasteiger partial charge in [0.1, 0.15) is 5.76 Å². The third-order valence-electron chi connectivity index (χ3n) is 4.00. The highest BCUT2D eigenvalue weighted by Crippen LogP contribution is 2.37. The number of carbonyl (C=O) groups excluding carboxylic acids is 1. The minimum absolute atomic E-state index is 0.170. The second-order valence-electron chi connectivity index (χ2n) is 5.54. The molecule has 0 radical (unpaired) electrons. The van der Waals surface area contributed by atoms with Crippen molar-refractivity contribution in [1.82, 2.24) is 0 Å². The Morgan fingerprint density at radius 3 is 2.74 bits per heavy atom. The zero-order valence-corrected chi connectivity index (χ0v) is 12.5. The molecule has 1 aromatic heterocycles.